The van der Waals surface area contributed by atoms with Gasteiger partial charge in [0.05, 0.1) is 21.2 Å². The van der Waals surface area contributed by atoms with Crippen LogP contribution in [0.1, 0.15) is 50.5 Å². The number of carbonyl (C=O) groups is 1. The molecule has 0 bridgehead atoms. The summed E-state index contributed by atoms with van der Waals surface area (Å²) in [5.41, 5.74) is -0.550. The number of H-pyrrole nitrogens is 1. The van der Waals surface area contributed by atoms with Crippen LogP contribution in [0.15, 0.2) is 73.3 Å². The Balaban J connectivity index is 1.96. The van der Waals surface area contributed by atoms with Crippen molar-refractivity contribution in [1.82, 2.24) is 24.5 Å². The van der Waals surface area contributed by atoms with E-state index >= 15 is 0 Å². The zero-order valence-corrected chi connectivity index (χ0v) is 24.1. The number of aromatic amines is 1. The second-order valence-electron chi connectivity index (χ2n) is 8.72. The van der Waals surface area contributed by atoms with Crippen molar-refractivity contribution >= 4 is 37.3 Å². The molecule has 13 nitrogen and oxygen atoms in total. The molecule has 0 fully saturated rings. The van der Waals surface area contributed by atoms with Gasteiger partial charge in [0.15, 0.2) is 11.4 Å². The molecule has 3 aromatic rings. The number of azo groups is 1. The highest BCUT2D eigenvalue weighted by molar-refractivity contribution is 7.89. The van der Waals surface area contributed by atoms with E-state index in [1.165, 1.54) is 48.5 Å². The lowest BCUT2D eigenvalue weighted by atomic mass is 10.3. The van der Waals surface area contributed by atoms with Crippen molar-refractivity contribution in [3.8, 4) is 5.69 Å². The Morgan fingerprint density at radius 1 is 0.775 bits per heavy atom. The lowest BCUT2D eigenvalue weighted by Crippen LogP contribution is -2.24. The van der Waals surface area contributed by atoms with Gasteiger partial charge in [0.25, 0.3) is 11.5 Å². The van der Waals surface area contributed by atoms with Crippen LogP contribution < -0.4 is 20.3 Å². The predicted molar refractivity (Wildman–Crippen MR) is 151 cm³/mol. The molecular weight excluding hydrogens is 558 g/mol. The summed E-state index contributed by atoms with van der Waals surface area (Å²) < 4.78 is 55.4. The summed E-state index contributed by atoms with van der Waals surface area (Å²) in [4.78, 5) is 26.2. The molecule has 0 radical (unpaired) electrons. The molecule has 3 rings (SSSR count). The number of hydrogen-bond acceptors (Lipinski definition) is 8. The Bertz CT molecular complexity index is 1610. The van der Waals surface area contributed by atoms with E-state index in [1.54, 1.807) is 0 Å². The zero-order valence-electron chi connectivity index (χ0n) is 22.5. The van der Waals surface area contributed by atoms with Gasteiger partial charge in [-0.2, -0.15) is 5.11 Å². The third-order valence-corrected chi connectivity index (χ3v) is 8.48. The van der Waals surface area contributed by atoms with Gasteiger partial charge >= 0.3 is 0 Å². The SMILES string of the molecule is CCCNC(=O)c1[nH]n(-c2ccc(S(=O)(=O)NCCC)cc2)c(=O)c1N=Nc1ccc(S(=O)(=O)NCCC)cc1. The van der Waals surface area contributed by atoms with E-state index in [-0.39, 0.29) is 32.5 Å². The van der Waals surface area contributed by atoms with E-state index in [9.17, 15) is 26.4 Å². The van der Waals surface area contributed by atoms with Crippen LogP contribution in [0.2, 0.25) is 0 Å². The fraction of sp³-hybridized carbons (Fsp3) is 0.360. The van der Waals surface area contributed by atoms with Crippen molar-refractivity contribution in [3.63, 3.8) is 0 Å². The maximum atomic E-state index is 13.3. The van der Waals surface area contributed by atoms with Gasteiger partial charge in [0, 0.05) is 19.6 Å². The summed E-state index contributed by atoms with van der Waals surface area (Å²) in [5.74, 6) is -0.571. The molecule has 0 saturated carbocycles. The molecule has 0 aliphatic heterocycles. The molecule has 0 spiro atoms. The Hall–Kier alpha value is -3.66. The minimum atomic E-state index is -3.70. The summed E-state index contributed by atoms with van der Waals surface area (Å²) >= 11 is 0. The van der Waals surface area contributed by atoms with E-state index in [1.807, 2.05) is 20.8 Å². The van der Waals surface area contributed by atoms with E-state index in [4.69, 9.17) is 0 Å². The molecule has 216 valence electrons. The van der Waals surface area contributed by atoms with Crippen LogP contribution in [0.4, 0.5) is 11.4 Å². The van der Waals surface area contributed by atoms with Crippen LogP contribution in [-0.4, -0.2) is 52.2 Å². The molecule has 1 aromatic heterocycles. The number of carbonyl (C=O) groups excluding carboxylic acids is 1. The number of rotatable bonds is 14. The highest BCUT2D eigenvalue weighted by Crippen LogP contribution is 2.22. The van der Waals surface area contributed by atoms with E-state index in [2.05, 4.69) is 30.1 Å². The van der Waals surface area contributed by atoms with Gasteiger partial charge in [-0.3, -0.25) is 14.7 Å². The topological polar surface area (TPSA) is 184 Å². The van der Waals surface area contributed by atoms with Gasteiger partial charge in [-0.15, -0.1) is 5.11 Å². The number of sulfonamides is 2. The van der Waals surface area contributed by atoms with Crippen LogP contribution in [0.25, 0.3) is 5.69 Å². The highest BCUT2D eigenvalue weighted by atomic mass is 32.2. The first-order valence-corrected chi connectivity index (χ1v) is 15.8. The molecule has 1 heterocycles. The smallest absolute Gasteiger partial charge is 0.299 e. The molecule has 0 atom stereocenters. The largest absolute Gasteiger partial charge is 0.351 e. The quantitative estimate of drug-likeness (QED) is 0.209. The maximum Gasteiger partial charge on any atom is 0.299 e. The third-order valence-electron chi connectivity index (χ3n) is 5.53. The first-order chi connectivity index (χ1) is 19.0. The molecule has 2 aromatic carbocycles. The number of nitrogens with one attached hydrogen (secondary N) is 4. The second kappa shape index (κ2) is 13.6. The standard InChI is InChI=1S/C25H33N7O6S2/c1-4-15-26-24(33)22-23(30-29-18-7-11-20(12-8-18)39(35,36)27-16-5-2)25(34)32(31-22)19-9-13-21(14-10-19)40(37,38)28-17-6-3/h7-14,27-28,31H,4-6,15-17H2,1-3H3,(H,26,33). The molecule has 15 heteroatoms. The number of benzene rings is 2. The number of amides is 1. The van der Waals surface area contributed by atoms with Gasteiger partial charge in [-0.1, -0.05) is 20.8 Å². The van der Waals surface area contributed by atoms with Crippen molar-refractivity contribution in [2.45, 2.75) is 49.8 Å². The van der Waals surface area contributed by atoms with Crippen LogP contribution >= 0.6 is 0 Å². The van der Waals surface area contributed by atoms with Crippen LogP contribution in [0, 0.1) is 0 Å². The molecule has 1 amide bonds. The monoisotopic (exact) mass is 591 g/mol. The van der Waals surface area contributed by atoms with Gasteiger partial charge in [-0.25, -0.2) is 31.0 Å². The Kier molecular flexibility index (Phi) is 10.5. The highest BCUT2D eigenvalue weighted by Gasteiger charge is 2.22. The van der Waals surface area contributed by atoms with Crippen LogP contribution in [0.3, 0.4) is 0 Å². The van der Waals surface area contributed by atoms with Crippen molar-refractivity contribution < 1.29 is 21.6 Å². The molecule has 0 aliphatic carbocycles. The van der Waals surface area contributed by atoms with Crippen molar-refractivity contribution in [3.05, 3.63) is 64.6 Å². The maximum absolute atomic E-state index is 13.3. The second-order valence-corrected chi connectivity index (χ2v) is 12.2. The van der Waals surface area contributed by atoms with Crippen LogP contribution in [0.5, 0.6) is 0 Å². The lowest BCUT2D eigenvalue weighted by Gasteiger charge is -2.07. The van der Waals surface area contributed by atoms with E-state index in [0.29, 0.717) is 38.9 Å². The third kappa shape index (κ3) is 7.50. The summed E-state index contributed by atoms with van der Waals surface area (Å²) in [5, 5.41) is 13.5. The Labute approximate surface area is 233 Å². The summed E-state index contributed by atoms with van der Waals surface area (Å²) in [6.45, 7) is 6.53. The average molecular weight is 592 g/mol. The number of nitrogens with zero attached hydrogens (tertiary/aromatic N) is 3. The minimum Gasteiger partial charge on any atom is -0.351 e. The molecule has 0 aliphatic rings. The molecule has 4 N–H and O–H groups in total. The summed E-state index contributed by atoms with van der Waals surface area (Å²) in [7, 11) is -7.36. The molecule has 40 heavy (non-hydrogen) atoms. The van der Waals surface area contributed by atoms with E-state index < -0.39 is 31.5 Å². The van der Waals surface area contributed by atoms with Gasteiger partial charge in [-0.05, 0) is 67.8 Å². The number of hydrogen-bond donors (Lipinski definition) is 4. The van der Waals surface area contributed by atoms with Gasteiger partial charge in [0.1, 0.15) is 0 Å². The Morgan fingerprint density at radius 3 is 1.77 bits per heavy atom. The van der Waals surface area contributed by atoms with Crippen LogP contribution in [-0.2, 0) is 20.0 Å². The lowest BCUT2D eigenvalue weighted by molar-refractivity contribution is 0.0949. The summed E-state index contributed by atoms with van der Waals surface area (Å²) in [6.07, 6.45) is 1.94. The molecule has 0 unspecified atom stereocenters. The van der Waals surface area contributed by atoms with Crippen molar-refractivity contribution in [2.24, 2.45) is 10.2 Å². The minimum absolute atomic E-state index is 0.0282. The fourth-order valence-corrected chi connectivity index (χ4v) is 5.67. The van der Waals surface area contributed by atoms with Gasteiger partial charge in [0.2, 0.25) is 20.0 Å². The molecule has 0 saturated heterocycles. The van der Waals surface area contributed by atoms with E-state index in [0.717, 1.165) is 4.68 Å². The first kappa shape index (κ1) is 30.9. The van der Waals surface area contributed by atoms with Gasteiger partial charge < -0.3 is 5.32 Å². The summed E-state index contributed by atoms with van der Waals surface area (Å²) in [6, 6.07) is 11.1. The fourth-order valence-electron chi connectivity index (χ4n) is 3.40. The number of aromatic nitrogens is 2. The van der Waals surface area contributed by atoms with Crippen molar-refractivity contribution in [2.75, 3.05) is 19.6 Å². The normalized spacial score (nSPS) is 12.2. The Morgan fingerprint density at radius 2 is 1.27 bits per heavy atom. The van der Waals surface area contributed by atoms with Crippen molar-refractivity contribution in [1.29, 1.82) is 0 Å². The zero-order chi connectivity index (χ0) is 29.3. The predicted octanol–water partition coefficient (Wildman–Crippen LogP) is 3.10. The average Bonchev–Trinajstić information content (AvgIpc) is 3.28. The molecular formula is C25H33N7O6S2. The first-order valence-electron chi connectivity index (χ1n) is 12.8.